The van der Waals surface area contributed by atoms with Crippen LogP contribution in [0, 0.1) is 39.4 Å². The van der Waals surface area contributed by atoms with Gasteiger partial charge < -0.3 is 25.2 Å². The fraction of sp³-hybridized carbons (Fsp3) is 0.967. The number of carbonyl (C=O) groups is 1. The van der Waals surface area contributed by atoms with Gasteiger partial charge in [0.25, 0.3) is 0 Å². The molecule has 6 nitrogen and oxygen atoms in total. The minimum Gasteiger partial charge on any atom is -0.393 e. The van der Waals surface area contributed by atoms with Crippen LogP contribution in [0.4, 0.5) is 0 Å². The fourth-order valence-electron chi connectivity index (χ4n) is 11.0. The third kappa shape index (κ3) is 3.00. The van der Waals surface area contributed by atoms with Gasteiger partial charge in [-0.2, -0.15) is 0 Å². The van der Waals surface area contributed by atoms with E-state index in [0.717, 1.165) is 32.1 Å². The summed E-state index contributed by atoms with van der Waals surface area (Å²) in [6.07, 6.45) is 3.49. The molecule has 11 atom stereocenters. The predicted molar refractivity (Wildman–Crippen MR) is 137 cm³/mol. The van der Waals surface area contributed by atoms with Crippen molar-refractivity contribution >= 4 is 5.78 Å². The average Bonchev–Trinajstić information content (AvgIpc) is 3.34. The van der Waals surface area contributed by atoms with Crippen LogP contribution in [-0.4, -0.2) is 61.3 Å². The highest BCUT2D eigenvalue weighted by Crippen LogP contribution is 2.84. The largest absolute Gasteiger partial charge is 0.393 e. The number of epoxide rings is 1. The van der Waals surface area contributed by atoms with Gasteiger partial charge in [0.1, 0.15) is 23.1 Å². The minimum absolute atomic E-state index is 0.0168. The van der Waals surface area contributed by atoms with Crippen molar-refractivity contribution in [2.45, 2.75) is 142 Å². The van der Waals surface area contributed by atoms with E-state index in [1.807, 2.05) is 0 Å². The van der Waals surface area contributed by atoms with Gasteiger partial charge in [0.05, 0.1) is 17.8 Å². The second-order valence-electron chi connectivity index (χ2n) is 15.4. The molecule has 1 heterocycles. The number of ether oxygens (including phenoxy) is 1. The van der Waals surface area contributed by atoms with Gasteiger partial charge in [-0.3, -0.25) is 4.79 Å². The van der Waals surface area contributed by atoms with Crippen molar-refractivity contribution in [2.75, 3.05) is 0 Å². The van der Waals surface area contributed by atoms with Crippen LogP contribution in [0.25, 0.3) is 0 Å². The number of carbonyl (C=O) groups excluding carboxylic acids is 1. The highest BCUT2D eigenvalue weighted by Gasteiger charge is 2.88. The quantitative estimate of drug-likeness (QED) is 0.420. The third-order valence-electron chi connectivity index (χ3n) is 13.1. The Morgan fingerprint density at radius 1 is 1.06 bits per heavy atom. The molecule has 0 aromatic carbocycles. The molecular formula is C30H50O6. The van der Waals surface area contributed by atoms with Crippen molar-refractivity contribution in [1.82, 2.24) is 0 Å². The molecule has 5 rings (SSSR count). The molecule has 206 valence electrons. The number of rotatable bonds is 5. The Labute approximate surface area is 217 Å². The van der Waals surface area contributed by atoms with Crippen molar-refractivity contribution in [3.05, 3.63) is 0 Å². The fourth-order valence-corrected chi connectivity index (χ4v) is 11.0. The summed E-state index contributed by atoms with van der Waals surface area (Å²) in [5.74, 6) is 0.745. The molecule has 4 N–H and O–H groups in total. The SMILES string of the molecule is C[C@H](C[C@H](O)[C@@H](O)C(C)(C)O)[C@]12CC[C@@]3(C)[C@@]1(CC(O)C1[C@@]4(C)CCC(=O)C(C)(C)C4CC[C@@]13C)O2. The van der Waals surface area contributed by atoms with E-state index in [1.165, 1.54) is 13.8 Å². The summed E-state index contributed by atoms with van der Waals surface area (Å²) in [5, 5.41) is 43.4. The Kier molecular flexibility index (Phi) is 5.68. The maximum Gasteiger partial charge on any atom is 0.138 e. The predicted octanol–water partition coefficient (Wildman–Crippen LogP) is 4.01. The van der Waals surface area contributed by atoms with Crippen LogP contribution < -0.4 is 0 Å². The number of hydrogen-bond acceptors (Lipinski definition) is 6. The second-order valence-corrected chi connectivity index (χ2v) is 15.4. The summed E-state index contributed by atoms with van der Waals surface area (Å²) in [6, 6.07) is 0. The molecule has 1 spiro atoms. The maximum atomic E-state index is 12.9. The zero-order valence-electron chi connectivity index (χ0n) is 23.7. The highest BCUT2D eigenvalue weighted by atomic mass is 16.6. The van der Waals surface area contributed by atoms with Gasteiger partial charge in [-0.05, 0) is 81.0 Å². The van der Waals surface area contributed by atoms with Crippen LogP contribution in [0.2, 0.25) is 0 Å². The number of aliphatic hydroxyl groups excluding tert-OH is 3. The molecule has 3 unspecified atom stereocenters. The van der Waals surface area contributed by atoms with E-state index in [-0.39, 0.29) is 39.4 Å². The lowest BCUT2D eigenvalue weighted by atomic mass is 9.35. The van der Waals surface area contributed by atoms with Crippen molar-refractivity contribution in [3.8, 4) is 0 Å². The number of ketones is 1. The second kappa shape index (κ2) is 7.56. The Bertz CT molecular complexity index is 940. The van der Waals surface area contributed by atoms with Gasteiger partial charge >= 0.3 is 0 Å². The van der Waals surface area contributed by atoms with Gasteiger partial charge in [-0.1, -0.05) is 41.5 Å². The number of Topliss-reactive ketones (excluding diaryl/α,β-unsaturated/α-hetero) is 1. The Balaban J connectivity index is 1.47. The molecule has 1 aliphatic heterocycles. The van der Waals surface area contributed by atoms with E-state index < -0.39 is 35.1 Å². The smallest absolute Gasteiger partial charge is 0.138 e. The molecular weight excluding hydrogens is 456 g/mol. The molecule has 5 fully saturated rings. The monoisotopic (exact) mass is 506 g/mol. The van der Waals surface area contributed by atoms with E-state index in [4.69, 9.17) is 4.74 Å². The Hall–Kier alpha value is -0.530. The van der Waals surface area contributed by atoms with Gasteiger partial charge in [-0.15, -0.1) is 0 Å². The summed E-state index contributed by atoms with van der Waals surface area (Å²) in [6.45, 7) is 16.5. The van der Waals surface area contributed by atoms with E-state index >= 15 is 0 Å². The maximum absolute atomic E-state index is 12.9. The standard InChI is InChI=1S/C30H50O6/c1-17(15-18(31)23(34)25(4,5)35)29-14-13-28(8)27(7)12-9-20-24(2,3)21(33)10-11-26(20,6)22(27)19(32)16-30(28,29)36-29/h17-20,22-23,31-32,34-35H,9-16H2,1-8H3/t17-,18+,19?,20?,22?,23-,26+,27+,28-,29-,30-/m1/s1. The van der Waals surface area contributed by atoms with Gasteiger partial charge in [-0.25, -0.2) is 0 Å². The van der Waals surface area contributed by atoms with Crippen LogP contribution >= 0.6 is 0 Å². The molecule has 4 aliphatic carbocycles. The molecule has 0 aromatic heterocycles. The Morgan fingerprint density at radius 3 is 2.31 bits per heavy atom. The lowest BCUT2D eigenvalue weighted by Gasteiger charge is -2.69. The van der Waals surface area contributed by atoms with Crippen molar-refractivity contribution in [1.29, 1.82) is 0 Å². The summed E-state index contributed by atoms with van der Waals surface area (Å²) in [5.41, 5.74) is -2.91. The van der Waals surface area contributed by atoms with Crippen LogP contribution in [0.5, 0.6) is 0 Å². The molecule has 6 heteroatoms. The molecule has 0 radical (unpaired) electrons. The summed E-state index contributed by atoms with van der Waals surface area (Å²) < 4.78 is 6.81. The molecule has 5 aliphatic rings. The molecule has 36 heavy (non-hydrogen) atoms. The molecule has 4 saturated carbocycles. The minimum atomic E-state index is -1.38. The van der Waals surface area contributed by atoms with Gasteiger partial charge in [0.15, 0.2) is 0 Å². The number of hydrogen-bond donors (Lipinski definition) is 4. The highest BCUT2D eigenvalue weighted by molar-refractivity contribution is 5.85. The van der Waals surface area contributed by atoms with Crippen molar-refractivity contribution in [3.63, 3.8) is 0 Å². The first-order chi connectivity index (χ1) is 16.3. The van der Waals surface area contributed by atoms with E-state index in [9.17, 15) is 25.2 Å². The lowest BCUT2D eigenvalue weighted by Crippen LogP contribution is -2.69. The molecule has 1 saturated heterocycles. The van der Waals surface area contributed by atoms with Crippen molar-refractivity contribution in [2.24, 2.45) is 39.4 Å². The summed E-state index contributed by atoms with van der Waals surface area (Å²) >= 11 is 0. The van der Waals surface area contributed by atoms with Crippen LogP contribution in [0.1, 0.15) is 107 Å². The molecule has 0 amide bonds. The first-order valence-corrected chi connectivity index (χ1v) is 14.3. The zero-order chi connectivity index (χ0) is 26.9. The van der Waals surface area contributed by atoms with E-state index in [0.29, 0.717) is 25.0 Å². The topological polar surface area (TPSA) is 111 Å². The van der Waals surface area contributed by atoms with Crippen LogP contribution in [-0.2, 0) is 9.53 Å². The zero-order valence-corrected chi connectivity index (χ0v) is 23.7. The summed E-state index contributed by atoms with van der Waals surface area (Å²) in [4.78, 5) is 12.9. The normalized spacial score (nSPS) is 51.9. The number of aliphatic hydroxyl groups is 4. The first kappa shape index (κ1) is 27.1. The number of fused-ring (bicyclic) bond motifs is 4. The van der Waals surface area contributed by atoms with Crippen LogP contribution in [0.3, 0.4) is 0 Å². The van der Waals surface area contributed by atoms with E-state index in [1.54, 1.807) is 0 Å². The molecule has 0 bridgehead atoms. The first-order valence-electron chi connectivity index (χ1n) is 14.3. The average molecular weight is 507 g/mol. The third-order valence-corrected chi connectivity index (χ3v) is 13.1. The van der Waals surface area contributed by atoms with Crippen LogP contribution in [0.15, 0.2) is 0 Å². The molecule has 0 aromatic rings. The lowest BCUT2D eigenvalue weighted by molar-refractivity contribution is -0.242. The van der Waals surface area contributed by atoms with E-state index in [2.05, 4.69) is 41.5 Å². The Morgan fingerprint density at radius 2 is 1.69 bits per heavy atom. The van der Waals surface area contributed by atoms with Gasteiger partial charge in [0, 0.05) is 23.7 Å². The summed E-state index contributed by atoms with van der Waals surface area (Å²) in [7, 11) is 0. The van der Waals surface area contributed by atoms with Gasteiger partial charge in [0.2, 0.25) is 0 Å². The van der Waals surface area contributed by atoms with Crippen molar-refractivity contribution < 1.29 is 30.0 Å².